The van der Waals surface area contributed by atoms with Crippen LogP contribution in [0.15, 0.2) is 77.8 Å². The fourth-order valence-electron chi connectivity index (χ4n) is 2.91. The van der Waals surface area contributed by atoms with Crippen LogP contribution in [0.4, 0.5) is 5.69 Å². The van der Waals surface area contributed by atoms with E-state index in [9.17, 15) is 0 Å². The molecule has 25 heavy (non-hydrogen) atoms. The van der Waals surface area contributed by atoms with Crippen LogP contribution in [0.3, 0.4) is 0 Å². The average Bonchev–Trinajstić information content (AvgIpc) is 2.62. The first-order valence-corrected chi connectivity index (χ1v) is 8.79. The predicted molar refractivity (Wildman–Crippen MR) is 111 cm³/mol. The lowest BCUT2D eigenvalue weighted by Crippen LogP contribution is -2.11. The summed E-state index contributed by atoms with van der Waals surface area (Å²) in [4.78, 5) is 4.45. The highest BCUT2D eigenvalue weighted by Gasteiger charge is 2.20. The molecule has 1 nitrogen and oxygen atoms in total. The fourth-order valence-corrected chi connectivity index (χ4v) is 3.00. The average molecular weight is 343 g/mol. The van der Waals surface area contributed by atoms with Crippen LogP contribution in [0.1, 0.15) is 26.3 Å². The van der Waals surface area contributed by atoms with Gasteiger partial charge in [0.25, 0.3) is 0 Å². The minimum absolute atomic E-state index is 0.0347. The first-order chi connectivity index (χ1) is 12.0. The van der Waals surface area contributed by atoms with Gasteiger partial charge in [-0.05, 0) is 46.5 Å². The second kappa shape index (κ2) is 7.14. The summed E-state index contributed by atoms with van der Waals surface area (Å²) in [7, 11) is 0. The van der Waals surface area contributed by atoms with Gasteiger partial charge in [-0.2, -0.15) is 4.99 Å². The van der Waals surface area contributed by atoms with Crippen molar-refractivity contribution in [2.45, 2.75) is 26.2 Å². The van der Waals surface area contributed by atoms with E-state index in [-0.39, 0.29) is 5.41 Å². The Morgan fingerprint density at radius 3 is 1.56 bits per heavy atom. The SMILES string of the molecule is CC(C)(C)c1cc(-c2ccccc2)c(N=C=S)c(-c2ccccc2)c1. The van der Waals surface area contributed by atoms with Crippen LogP contribution in [-0.2, 0) is 5.41 Å². The van der Waals surface area contributed by atoms with Gasteiger partial charge in [-0.25, -0.2) is 0 Å². The molecule has 3 aromatic rings. The molecule has 3 rings (SSSR count). The van der Waals surface area contributed by atoms with Crippen molar-refractivity contribution in [2.24, 2.45) is 4.99 Å². The van der Waals surface area contributed by atoms with E-state index in [1.165, 1.54) is 5.56 Å². The second-order valence-electron chi connectivity index (χ2n) is 7.11. The van der Waals surface area contributed by atoms with Gasteiger partial charge in [0.15, 0.2) is 0 Å². The summed E-state index contributed by atoms with van der Waals surface area (Å²) in [6.07, 6.45) is 0. The van der Waals surface area contributed by atoms with E-state index in [0.717, 1.165) is 27.9 Å². The molecule has 0 aliphatic heterocycles. The van der Waals surface area contributed by atoms with E-state index < -0.39 is 0 Å². The van der Waals surface area contributed by atoms with Gasteiger partial charge in [-0.15, -0.1) is 0 Å². The van der Waals surface area contributed by atoms with Crippen LogP contribution in [0.5, 0.6) is 0 Å². The van der Waals surface area contributed by atoms with E-state index in [4.69, 9.17) is 12.2 Å². The number of hydrogen-bond donors (Lipinski definition) is 0. The summed E-state index contributed by atoms with van der Waals surface area (Å²) in [5.41, 5.74) is 6.62. The summed E-state index contributed by atoms with van der Waals surface area (Å²) in [6.45, 7) is 6.69. The van der Waals surface area contributed by atoms with Gasteiger partial charge in [0.2, 0.25) is 0 Å². The minimum atomic E-state index is 0.0347. The molecule has 0 atom stereocenters. The first-order valence-electron chi connectivity index (χ1n) is 8.38. The van der Waals surface area contributed by atoms with Gasteiger partial charge in [-0.3, -0.25) is 0 Å². The molecule has 3 aromatic carbocycles. The topological polar surface area (TPSA) is 12.4 Å². The van der Waals surface area contributed by atoms with Crippen LogP contribution in [0.2, 0.25) is 0 Å². The highest BCUT2D eigenvalue weighted by Crippen LogP contribution is 2.42. The Morgan fingerprint density at radius 1 is 0.760 bits per heavy atom. The number of rotatable bonds is 3. The summed E-state index contributed by atoms with van der Waals surface area (Å²) < 4.78 is 0. The van der Waals surface area contributed by atoms with E-state index in [2.05, 4.69) is 67.3 Å². The van der Waals surface area contributed by atoms with Crippen molar-refractivity contribution in [1.29, 1.82) is 0 Å². The van der Waals surface area contributed by atoms with Crippen molar-refractivity contribution in [3.8, 4) is 22.3 Å². The second-order valence-corrected chi connectivity index (χ2v) is 7.29. The van der Waals surface area contributed by atoms with E-state index in [1.54, 1.807) is 0 Å². The number of thiocarbonyl (C=S) groups is 1. The van der Waals surface area contributed by atoms with Crippen LogP contribution in [0, 0.1) is 0 Å². The Balaban J connectivity index is 2.39. The number of isothiocyanates is 1. The van der Waals surface area contributed by atoms with Gasteiger partial charge in [0.1, 0.15) is 0 Å². The molecule has 0 radical (unpaired) electrons. The molecule has 0 unspecified atom stereocenters. The monoisotopic (exact) mass is 343 g/mol. The van der Waals surface area contributed by atoms with Crippen LogP contribution in [0.25, 0.3) is 22.3 Å². The van der Waals surface area contributed by atoms with Crippen molar-refractivity contribution in [3.05, 3.63) is 78.4 Å². The molecule has 124 valence electrons. The van der Waals surface area contributed by atoms with E-state index in [0.29, 0.717) is 0 Å². The normalized spacial score (nSPS) is 11.0. The number of nitrogens with zero attached hydrogens (tertiary/aromatic N) is 1. The lowest BCUT2D eigenvalue weighted by molar-refractivity contribution is 0.591. The highest BCUT2D eigenvalue weighted by atomic mass is 32.1. The van der Waals surface area contributed by atoms with E-state index >= 15 is 0 Å². The molecular weight excluding hydrogens is 322 g/mol. The number of benzene rings is 3. The molecule has 0 N–H and O–H groups in total. The molecule has 0 amide bonds. The lowest BCUT2D eigenvalue weighted by Gasteiger charge is -2.23. The Bertz CT molecular complexity index is 855. The molecular formula is C23H21NS. The third-order valence-electron chi connectivity index (χ3n) is 4.30. The molecule has 0 bridgehead atoms. The maximum absolute atomic E-state index is 4.94. The molecule has 0 saturated carbocycles. The summed E-state index contributed by atoms with van der Waals surface area (Å²) >= 11 is 4.94. The number of hydrogen-bond acceptors (Lipinski definition) is 2. The molecule has 0 saturated heterocycles. The zero-order valence-corrected chi connectivity index (χ0v) is 15.6. The third kappa shape index (κ3) is 3.76. The van der Waals surface area contributed by atoms with Gasteiger partial charge >= 0.3 is 0 Å². The van der Waals surface area contributed by atoms with Crippen molar-refractivity contribution in [2.75, 3.05) is 0 Å². The van der Waals surface area contributed by atoms with Crippen molar-refractivity contribution in [3.63, 3.8) is 0 Å². The quantitative estimate of drug-likeness (QED) is 0.366. The summed E-state index contributed by atoms with van der Waals surface area (Å²) in [5, 5.41) is 2.57. The molecule has 2 heteroatoms. The predicted octanol–water partition coefficient (Wildman–Crippen LogP) is 7.05. The van der Waals surface area contributed by atoms with Crippen molar-refractivity contribution in [1.82, 2.24) is 0 Å². The van der Waals surface area contributed by atoms with Crippen molar-refractivity contribution >= 4 is 23.1 Å². The molecule has 0 aliphatic rings. The standard InChI is InChI=1S/C23H21NS/c1-23(2,3)19-14-20(17-10-6-4-7-11-17)22(24-16-25)21(15-19)18-12-8-5-9-13-18/h4-15H,1-3H3. The van der Waals surface area contributed by atoms with Crippen molar-refractivity contribution < 1.29 is 0 Å². The van der Waals surface area contributed by atoms with Gasteiger partial charge in [-0.1, -0.05) is 81.4 Å². The highest BCUT2D eigenvalue weighted by molar-refractivity contribution is 7.78. The lowest BCUT2D eigenvalue weighted by atomic mass is 9.82. The van der Waals surface area contributed by atoms with Gasteiger partial charge < -0.3 is 0 Å². The Hall–Kier alpha value is -2.54. The zero-order chi connectivity index (χ0) is 17.9. The fraction of sp³-hybridized carbons (Fsp3) is 0.174. The smallest absolute Gasteiger partial charge is 0.0896 e. The van der Waals surface area contributed by atoms with Gasteiger partial charge in [0, 0.05) is 11.1 Å². The van der Waals surface area contributed by atoms with Gasteiger partial charge in [0.05, 0.1) is 10.8 Å². The minimum Gasteiger partial charge on any atom is -0.193 e. The number of aliphatic imine (C=N–C) groups is 1. The van der Waals surface area contributed by atoms with Crippen LogP contribution in [-0.4, -0.2) is 5.16 Å². The molecule has 0 aliphatic carbocycles. The maximum Gasteiger partial charge on any atom is 0.0896 e. The molecule has 0 spiro atoms. The van der Waals surface area contributed by atoms with Crippen LogP contribution < -0.4 is 0 Å². The largest absolute Gasteiger partial charge is 0.193 e. The molecule has 0 fully saturated rings. The zero-order valence-electron chi connectivity index (χ0n) is 14.8. The van der Waals surface area contributed by atoms with E-state index in [1.807, 2.05) is 36.4 Å². The van der Waals surface area contributed by atoms with Crippen LogP contribution >= 0.6 is 12.2 Å². The maximum atomic E-state index is 4.94. The summed E-state index contributed by atoms with van der Waals surface area (Å²) in [6, 6.07) is 25.1. The molecule has 0 aromatic heterocycles. The molecule has 0 heterocycles. The summed E-state index contributed by atoms with van der Waals surface area (Å²) in [5.74, 6) is 0. The Labute approximate surface area is 155 Å². The Kier molecular flexibility index (Phi) is 4.94. The third-order valence-corrected chi connectivity index (χ3v) is 4.39. The first kappa shape index (κ1) is 17.3. The Morgan fingerprint density at radius 2 is 1.20 bits per heavy atom.